The van der Waals surface area contributed by atoms with Gasteiger partial charge in [0, 0.05) is 44.6 Å². The molecule has 12 heteroatoms. The van der Waals surface area contributed by atoms with E-state index in [1.54, 1.807) is 25.1 Å². The summed E-state index contributed by atoms with van der Waals surface area (Å²) in [5.41, 5.74) is 2.12. The quantitative estimate of drug-likeness (QED) is 0.326. The van der Waals surface area contributed by atoms with Gasteiger partial charge in [0.15, 0.2) is 34.7 Å². The van der Waals surface area contributed by atoms with Gasteiger partial charge < -0.3 is 26.2 Å². The van der Waals surface area contributed by atoms with Crippen LogP contribution < -0.4 is 16.0 Å². The van der Waals surface area contributed by atoms with Crippen molar-refractivity contribution < 1.29 is 39.0 Å². The number of primary amides is 1. The highest BCUT2D eigenvalue weighted by atomic mass is 16.3. The summed E-state index contributed by atoms with van der Waals surface area (Å²) in [6.45, 7) is 1.11. The number of aliphatic hydroxyl groups is 1. The number of carbonyl (C=O) groups is 6. The van der Waals surface area contributed by atoms with Gasteiger partial charge in [-0.1, -0.05) is 0 Å². The lowest BCUT2D eigenvalue weighted by atomic mass is 9.46. The Morgan fingerprint density at radius 1 is 1.11 bits per heavy atom. The Morgan fingerprint density at radius 3 is 2.26 bits per heavy atom. The number of phenols is 1. The topological polar surface area (TPSA) is 187 Å². The molecule has 0 spiro atoms. The van der Waals surface area contributed by atoms with Crippen LogP contribution in [0.5, 0.6) is 5.75 Å². The minimum Gasteiger partial charge on any atom is -0.507 e. The lowest BCUT2D eigenvalue weighted by molar-refractivity contribution is -0.186. The molecule has 3 aliphatic rings. The number of phenolic OH excluding ortho intramolecular Hbond substituents is 1. The van der Waals surface area contributed by atoms with Crippen LogP contribution in [0.1, 0.15) is 29.3 Å². The monoisotopic (exact) mass is 528 g/mol. The smallest absolute Gasteiger partial charge is 0.235 e. The number of hydrogen-bond donors (Lipinski definition) is 4. The van der Waals surface area contributed by atoms with Gasteiger partial charge in [0.1, 0.15) is 5.75 Å². The van der Waals surface area contributed by atoms with Crippen LogP contribution in [0.4, 0.5) is 5.69 Å². The molecule has 4 rings (SSSR count). The molecule has 38 heavy (non-hydrogen) atoms. The fourth-order valence-electron chi connectivity index (χ4n) is 6.73. The van der Waals surface area contributed by atoms with E-state index in [1.807, 2.05) is 0 Å². The average molecular weight is 529 g/mol. The van der Waals surface area contributed by atoms with Crippen molar-refractivity contribution in [2.24, 2.45) is 28.9 Å². The molecular formula is C26H32N4O8. The predicted molar refractivity (Wildman–Crippen MR) is 133 cm³/mol. The van der Waals surface area contributed by atoms with E-state index in [0.29, 0.717) is 11.3 Å². The number of nitrogens with one attached hydrogen (secondary N) is 1. The summed E-state index contributed by atoms with van der Waals surface area (Å²) in [6, 6.07) is 1.71. The number of anilines is 1. The third kappa shape index (κ3) is 3.65. The van der Waals surface area contributed by atoms with Crippen LogP contribution in [0.2, 0.25) is 0 Å². The number of carbonyl (C=O) groups excluding carboxylic acids is 6. The van der Waals surface area contributed by atoms with E-state index in [9.17, 15) is 39.0 Å². The van der Waals surface area contributed by atoms with Gasteiger partial charge >= 0.3 is 0 Å². The molecule has 0 aliphatic heterocycles. The second kappa shape index (κ2) is 8.98. The molecule has 2 amide bonds. The summed E-state index contributed by atoms with van der Waals surface area (Å²) in [6.07, 6.45) is -0.152. The van der Waals surface area contributed by atoms with E-state index < -0.39 is 69.8 Å². The Kier molecular flexibility index (Phi) is 6.48. The molecule has 0 aromatic heterocycles. The Hall–Kier alpha value is -3.64. The number of nitrogens with two attached hydrogens (primary N) is 1. The van der Waals surface area contributed by atoms with Crippen LogP contribution in [-0.4, -0.2) is 96.4 Å². The zero-order valence-electron chi connectivity index (χ0n) is 21.9. The molecule has 1 aromatic rings. The summed E-state index contributed by atoms with van der Waals surface area (Å²) < 4.78 is 0. The Bertz CT molecular complexity index is 1290. The van der Waals surface area contributed by atoms with Crippen molar-refractivity contribution in [1.29, 1.82) is 0 Å². The van der Waals surface area contributed by atoms with Crippen molar-refractivity contribution >= 4 is 40.6 Å². The van der Waals surface area contributed by atoms with Crippen LogP contribution in [0.25, 0.3) is 0 Å². The third-order valence-corrected chi connectivity index (χ3v) is 8.32. The van der Waals surface area contributed by atoms with Crippen LogP contribution in [-0.2, 0) is 30.4 Å². The summed E-state index contributed by atoms with van der Waals surface area (Å²) in [7, 11) is 6.52. The van der Waals surface area contributed by atoms with Gasteiger partial charge in [-0.05, 0) is 44.6 Å². The van der Waals surface area contributed by atoms with Gasteiger partial charge in [0.05, 0.1) is 17.5 Å². The van der Waals surface area contributed by atoms with E-state index in [1.165, 1.54) is 32.0 Å². The second-order valence-electron chi connectivity index (χ2n) is 11.0. The first-order chi connectivity index (χ1) is 17.6. The van der Waals surface area contributed by atoms with Crippen molar-refractivity contribution in [2.45, 2.75) is 31.4 Å². The normalized spacial score (nSPS) is 32.4. The maximum absolute atomic E-state index is 14.2. The zero-order chi connectivity index (χ0) is 28.5. The van der Waals surface area contributed by atoms with E-state index in [4.69, 9.17) is 5.73 Å². The van der Waals surface area contributed by atoms with E-state index in [0.717, 1.165) is 0 Å². The average Bonchev–Trinajstić information content (AvgIpc) is 2.79. The molecular weight excluding hydrogens is 496 g/mol. The van der Waals surface area contributed by atoms with Gasteiger partial charge in [-0.3, -0.25) is 33.7 Å². The molecule has 2 saturated carbocycles. The predicted octanol–water partition coefficient (Wildman–Crippen LogP) is -1.56. The lowest BCUT2D eigenvalue weighted by Gasteiger charge is -2.57. The number of ketones is 4. The molecule has 1 aromatic carbocycles. The van der Waals surface area contributed by atoms with Crippen LogP contribution in [0.3, 0.4) is 0 Å². The number of nitrogens with zero attached hydrogens (tertiary/aromatic N) is 2. The van der Waals surface area contributed by atoms with Gasteiger partial charge in [0.2, 0.25) is 11.8 Å². The van der Waals surface area contributed by atoms with Crippen molar-refractivity contribution in [3.05, 3.63) is 23.3 Å². The molecule has 3 aliphatic carbocycles. The molecule has 0 heterocycles. The first-order valence-corrected chi connectivity index (χ1v) is 12.2. The SMILES string of the molecule is CC(=O)NC[C@@]12Cc3c(N(C)C)ccc(O)c3C(=O)C1C(=O)[C@]1(O)C(=O)C(C(N)=O)C(=O)[C@@H](N(C)C)[C@@H]1C2. The third-order valence-electron chi connectivity index (χ3n) is 8.32. The first kappa shape index (κ1) is 27.4. The Balaban J connectivity index is 2.00. The molecule has 204 valence electrons. The summed E-state index contributed by atoms with van der Waals surface area (Å²) >= 11 is 0. The van der Waals surface area contributed by atoms with Crippen molar-refractivity contribution in [3.8, 4) is 5.75 Å². The van der Waals surface area contributed by atoms with E-state index >= 15 is 0 Å². The Labute approximate surface area is 219 Å². The molecule has 0 bridgehead atoms. The molecule has 2 fully saturated rings. The van der Waals surface area contributed by atoms with Crippen LogP contribution in [0.15, 0.2) is 12.1 Å². The molecule has 12 nitrogen and oxygen atoms in total. The van der Waals surface area contributed by atoms with Gasteiger partial charge in [0.25, 0.3) is 0 Å². The number of amides is 2. The molecule has 5 N–H and O–H groups in total. The summed E-state index contributed by atoms with van der Waals surface area (Å²) in [5.74, 6) is -11.3. The highest BCUT2D eigenvalue weighted by Crippen LogP contribution is 2.57. The van der Waals surface area contributed by atoms with E-state index in [2.05, 4.69) is 5.32 Å². The van der Waals surface area contributed by atoms with Crippen molar-refractivity contribution in [3.63, 3.8) is 0 Å². The minimum absolute atomic E-state index is 0.0288. The maximum Gasteiger partial charge on any atom is 0.235 e. The number of hydrogen-bond acceptors (Lipinski definition) is 10. The summed E-state index contributed by atoms with van der Waals surface area (Å²) in [4.78, 5) is 82.3. The fourth-order valence-corrected chi connectivity index (χ4v) is 6.73. The fraction of sp³-hybridized carbons (Fsp3) is 0.538. The van der Waals surface area contributed by atoms with Crippen molar-refractivity contribution in [1.82, 2.24) is 10.2 Å². The first-order valence-electron chi connectivity index (χ1n) is 12.2. The number of benzene rings is 1. The largest absolute Gasteiger partial charge is 0.507 e. The summed E-state index contributed by atoms with van der Waals surface area (Å²) in [5, 5.41) is 25.1. The number of likely N-dealkylation sites (N-methyl/N-ethyl adjacent to an activating group) is 1. The molecule has 6 atom stereocenters. The number of aromatic hydroxyl groups is 1. The van der Waals surface area contributed by atoms with E-state index in [-0.39, 0.29) is 30.7 Å². The van der Waals surface area contributed by atoms with Crippen LogP contribution >= 0.6 is 0 Å². The molecule has 2 unspecified atom stereocenters. The van der Waals surface area contributed by atoms with Crippen LogP contribution in [0, 0.1) is 23.2 Å². The second-order valence-corrected chi connectivity index (χ2v) is 11.0. The number of rotatable bonds is 5. The van der Waals surface area contributed by atoms with Crippen molar-refractivity contribution in [2.75, 3.05) is 39.6 Å². The van der Waals surface area contributed by atoms with Gasteiger partial charge in [-0.25, -0.2) is 0 Å². The number of Topliss-reactive ketones (excluding diaryl/α,β-unsaturated/α-hetero) is 4. The standard InChI is InChI=1S/C26H32N4O8/c1-11(31)28-10-25-8-12-14(29(2)3)6-7-15(32)16(12)20(33)18(25)23(36)26(38)13(9-25)19(30(4)5)21(34)17(22(26)35)24(27)37/h6-7,13,17-19,32,38H,8-10H2,1-5H3,(H2,27,37)(H,28,31)/t13-,17?,18?,19-,25-,26+/m0/s1. The zero-order valence-corrected chi connectivity index (χ0v) is 21.9. The Morgan fingerprint density at radius 2 is 1.74 bits per heavy atom. The number of fused-ring (bicyclic) bond motifs is 3. The van der Waals surface area contributed by atoms with Gasteiger partial charge in [-0.15, -0.1) is 0 Å². The van der Waals surface area contributed by atoms with Gasteiger partial charge in [-0.2, -0.15) is 0 Å². The highest BCUT2D eigenvalue weighted by molar-refractivity contribution is 6.32. The maximum atomic E-state index is 14.2. The highest BCUT2D eigenvalue weighted by Gasteiger charge is 2.72. The minimum atomic E-state index is -2.85. The lowest BCUT2D eigenvalue weighted by Crippen LogP contribution is -2.76. The molecule has 0 radical (unpaired) electrons. The molecule has 0 saturated heterocycles.